The lowest BCUT2D eigenvalue weighted by Crippen LogP contribution is -2.54. The molecule has 0 aromatic heterocycles. The molecule has 2 aromatic carbocycles. The van der Waals surface area contributed by atoms with E-state index < -0.39 is 54.4 Å². The van der Waals surface area contributed by atoms with Gasteiger partial charge in [-0.25, -0.2) is 9.59 Å². The number of aryl methyl sites for hydroxylation is 1. The van der Waals surface area contributed by atoms with E-state index in [2.05, 4.69) is 10.6 Å². The van der Waals surface area contributed by atoms with Crippen LogP contribution in [0.5, 0.6) is 0 Å². The second kappa shape index (κ2) is 16.4. The van der Waals surface area contributed by atoms with E-state index in [0.717, 1.165) is 18.4 Å². The summed E-state index contributed by atoms with van der Waals surface area (Å²) in [6, 6.07) is 17.4. The first kappa shape index (κ1) is 31.7. The molecule has 2 atom stereocenters. The number of ether oxygens (including phenoxy) is 2. The molecule has 3 amide bonds. The van der Waals surface area contributed by atoms with Crippen LogP contribution in [0.1, 0.15) is 44.2 Å². The van der Waals surface area contributed by atoms with Crippen LogP contribution in [0.15, 0.2) is 60.7 Å². The lowest BCUT2D eigenvalue weighted by Gasteiger charge is -2.28. The second-order valence-electron chi connectivity index (χ2n) is 9.91. The SMILES string of the molecule is CC(C)OC(=O)C(=O)CNC(=O)[C@@H]1CSCN1C(=O)[C@H](CCCCc1ccccc1)NC(=O)OCc1ccccc1. The van der Waals surface area contributed by atoms with E-state index in [1.165, 1.54) is 22.2 Å². The van der Waals surface area contributed by atoms with Crippen LogP contribution in [0.2, 0.25) is 0 Å². The summed E-state index contributed by atoms with van der Waals surface area (Å²) in [5, 5.41) is 5.14. The highest BCUT2D eigenvalue weighted by atomic mass is 32.2. The molecule has 0 aliphatic carbocycles. The summed E-state index contributed by atoms with van der Waals surface area (Å²) in [5.74, 6) is -2.29. The van der Waals surface area contributed by atoms with Gasteiger partial charge in [-0.05, 0) is 44.2 Å². The third-order valence-electron chi connectivity index (χ3n) is 6.32. The monoisotopic (exact) mass is 583 g/mol. The molecule has 10 nitrogen and oxygen atoms in total. The number of nitrogens with zero attached hydrogens (tertiary/aromatic N) is 1. The zero-order valence-electron chi connectivity index (χ0n) is 23.4. The molecule has 0 spiro atoms. The van der Waals surface area contributed by atoms with Crippen LogP contribution in [0.3, 0.4) is 0 Å². The number of esters is 1. The Morgan fingerprint density at radius 2 is 1.61 bits per heavy atom. The average Bonchev–Trinajstić information content (AvgIpc) is 3.47. The van der Waals surface area contributed by atoms with Gasteiger partial charge in [-0.3, -0.25) is 14.4 Å². The van der Waals surface area contributed by atoms with Gasteiger partial charge in [0, 0.05) is 5.75 Å². The van der Waals surface area contributed by atoms with Gasteiger partial charge in [-0.15, -0.1) is 11.8 Å². The van der Waals surface area contributed by atoms with Gasteiger partial charge in [0.15, 0.2) is 0 Å². The highest BCUT2D eigenvalue weighted by Gasteiger charge is 2.38. The summed E-state index contributed by atoms with van der Waals surface area (Å²) in [6.07, 6.45) is 1.48. The number of benzene rings is 2. The van der Waals surface area contributed by atoms with Crippen molar-refractivity contribution in [1.82, 2.24) is 15.5 Å². The maximum Gasteiger partial charge on any atom is 0.408 e. The van der Waals surface area contributed by atoms with Crippen LogP contribution in [0.25, 0.3) is 0 Å². The van der Waals surface area contributed by atoms with Crippen LogP contribution in [-0.2, 0) is 41.7 Å². The fraction of sp³-hybridized carbons (Fsp3) is 0.433. The van der Waals surface area contributed by atoms with Crippen molar-refractivity contribution in [3.8, 4) is 0 Å². The number of hydrogen-bond donors (Lipinski definition) is 2. The summed E-state index contributed by atoms with van der Waals surface area (Å²) < 4.78 is 10.2. The van der Waals surface area contributed by atoms with Crippen molar-refractivity contribution >= 4 is 41.4 Å². The number of amides is 3. The quantitative estimate of drug-likeness (QED) is 0.197. The highest BCUT2D eigenvalue weighted by Crippen LogP contribution is 2.23. The lowest BCUT2D eigenvalue weighted by atomic mass is 10.0. The van der Waals surface area contributed by atoms with Crippen LogP contribution >= 0.6 is 11.8 Å². The van der Waals surface area contributed by atoms with Gasteiger partial charge in [0.25, 0.3) is 5.78 Å². The molecular weight excluding hydrogens is 546 g/mol. The van der Waals surface area contributed by atoms with Crippen LogP contribution < -0.4 is 10.6 Å². The standard InChI is InChI=1S/C30H37N3O7S/c1-21(2)40-29(37)26(34)17-31-27(35)25-19-41-20-33(25)28(36)24(16-10-9-13-22-11-5-3-6-12-22)32-30(38)39-18-23-14-7-4-8-15-23/h3-8,11-12,14-15,21,24-25H,9-10,13,16-20H2,1-2H3,(H,31,35)(H,32,38)/t24-,25-/m0/s1. The Bertz CT molecular complexity index is 1180. The van der Waals surface area contributed by atoms with Crippen LogP contribution in [0, 0.1) is 0 Å². The normalized spacial score (nSPS) is 15.2. The minimum absolute atomic E-state index is 0.0550. The second-order valence-corrected chi connectivity index (χ2v) is 10.9. The topological polar surface area (TPSA) is 131 Å². The molecule has 1 heterocycles. The molecule has 220 valence electrons. The Kier molecular flexibility index (Phi) is 12.7. The van der Waals surface area contributed by atoms with Gasteiger partial charge >= 0.3 is 12.1 Å². The Hall–Kier alpha value is -3.86. The Morgan fingerprint density at radius 3 is 2.27 bits per heavy atom. The number of rotatable bonds is 14. The van der Waals surface area contributed by atoms with Crippen molar-refractivity contribution < 1.29 is 33.4 Å². The molecule has 3 rings (SSSR count). The minimum atomic E-state index is -1.03. The highest BCUT2D eigenvalue weighted by molar-refractivity contribution is 7.99. The summed E-state index contributed by atoms with van der Waals surface area (Å²) in [6.45, 7) is 2.76. The zero-order chi connectivity index (χ0) is 29.6. The maximum absolute atomic E-state index is 13.6. The number of thioether (sulfide) groups is 1. The number of unbranched alkanes of at least 4 members (excludes halogenated alkanes) is 1. The third kappa shape index (κ3) is 10.6. The van der Waals surface area contributed by atoms with Crippen molar-refractivity contribution in [1.29, 1.82) is 0 Å². The Labute approximate surface area is 244 Å². The number of carbonyl (C=O) groups is 5. The van der Waals surface area contributed by atoms with E-state index in [1.807, 2.05) is 60.7 Å². The molecular formula is C30H37N3O7S. The van der Waals surface area contributed by atoms with Crippen molar-refractivity contribution in [2.24, 2.45) is 0 Å². The van der Waals surface area contributed by atoms with Gasteiger partial charge in [-0.2, -0.15) is 0 Å². The Morgan fingerprint density at radius 1 is 0.951 bits per heavy atom. The van der Waals surface area contributed by atoms with Gasteiger partial charge in [-0.1, -0.05) is 67.1 Å². The molecule has 1 saturated heterocycles. The maximum atomic E-state index is 13.6. The fourth-order valence-electron chi connectivity index (χ4n) is 4.20. The van der Waals surface area contributed by atoms with Crippen LogP contribution in [-0.4, -0.2) is 70.9 Å². The van der Waals surface area contributed by atoms with Gasteiger partial charge in [0.2, 0.25) is 11.8 Å². The predicted octanol–water partition coefficient (Wildman–Crippen LogP) is 3.23. The van der Waals surface area contributed by atoms with Crippen molar-refractivity contribution in [3.63, 3.8) is 0 Å². The molecule has 1 fully saturated rings. The Balaban J connectivity index is 1.60. The van der Waals surface area contributed by atoms with Gasteiger partial charge in [0.05, 0.1) is 18.5 Å². The van der Waals surface area contributed by atoms with Crippen molar-refractivity contribution in [2.45, 2.75) is 64.3 Å². The molecule has 0 radical (unpaired) electrons. The summed E-state index contributed by atoms with van der Waals surface area (Å²) in [5.41, 5.74) is 2.00. The lowest BCUT2D eigenvalue weighted by molar-refractivity contribution is -0.156. The van der Waals surface area contributed by atoms with E-state index in [4.69, 9.17) is 9.47 Å². The van der Waals surface area contributed by atoms with E-state index >= 15 is 0 Å². The minimum Gasteiger partial charge on any atom is -0.457 e. The molecule has 2 N–H and O–H groups in total. The summed E-state index contributed by atoms with van der Waals surface area (Å²) >= 11 is 1.39. The fourth-order valence-corrected chi connectivity index (χ4v) is 5.36. The summed E-state index contributed by atoms with van der Waals surface area (Å²) in [7, 11) is 0. The van der Waals surface area contributed by atoms with Gasteiger partial charge < -0.3 is 25.0 Å². The van der Waals surface area contributed by atoms with E-state index in [1.54, 1.807) is 13.8 Å². The number of hydrogen-bond acceptors (Lipinski definition) is 8. The van der Waals surface area contributed by atoms with Gasteiger partial charge in [0.1, 0.15) is 18.7 Å². The molecule has 2 aromatic rings. The third-order valence-corrected chi connectivity index (χ3v) is 7.33. The molecule has 0 saturated carbocycles. The van der Waals surface area contributed by atoms with E-state index in [-0.39, 0.29) is 12.5 Å². The number of nitrogens with one attached hydrogen (secondary N) is 2. The molecule has 41 heavy (non-hydrogen) atoms. The smallest absolute Gasteiger partial charge is 0.408 e. The number of ketones is 1. The largest absolute Gasteiger partial charge is 0.457 e. The predicted molar refractivity (Wildman–Crippen MR) is 155 cm³/mol. The number of alkyl carbamates (subject to hydrolysis) is 1. The van der Waals surface area contributed by atoms with Crippen LogP contribution in [0.4, 0.5) is 4.79 Å². The molecule has 11 heteroatoms. The average molecular weight is 584 g/mol. The molecule has 1 aliphatic heterocycles. The number of carbonyl (C=O) groups excluding carboxylic acids is 5. The first-order valence-corrected chi connectivity index (χ1v) is 14.8. The first-order valence-electron chi connectivity index (χ1n) is 13.7. The van der Waals surface area contributed by atoms with E-state index in [0.29, 0.717) is 18.6 Å². The number of Topliss-reactive ketones (excluding diaryl/α,β-unsaturated/α-hetero) is 1. The summed E-state index contributed by atoms with van der Waals surface area (Å²) in [4.78, 5) is 64.4. The zero-order valence-corrected chi connectivity index (χ0v) is 24.2. The molecule has 0 unspecified atom stereocenters. The molecule has 0 bridgehead atoms. The first-order chi connectivity index (χ1) is 19.7. The molecule has 1 aliphatic rings. The van der Waals surface area contributed by atoms with E-state index in [9.17, 15) is 24.0 Å². The van der Waals surface area contributed by atoms with Crippen molar-refractivity contribution in [2.75, 3.05) is 18.2 Å². The van der Waals surface area contributed by atoms with Crippen molar-refractivity contribution in [3.05, 3.63) is 71.8 Å².